The minimum absolute atomic E-state index is 0.0221. The first-order valence-electron chi connectivity index (χ1n) is 8.66. The van der Waals surface area contributed by atoms with E-state index in [2.05, 4.69) is 21.3 Å². The Morgan fingerprint density at radius 3 is 3.00 bits per heavy atom. The SMILES string of the molecule is O=C(Nc1ccc(Cl)cn1)C1CCCN(Cc2nc3ccccc3s2)C1. The molecular weight excluding hydrogens is 368 g/mol. The van der Waals surface area contributed by atoms with Crippen molar-refractivity contribution in [2.75, 3.05) is 18.4 Å². The van der Waals surface area contributed by atoms with Gasteiger partial charge in [0.2, 0.25) is 5.91 Å². The zero-order chi connectivity index (χ0) is 17.9. The van der Waals surface area contributed by atoms with Gasteiger partial charge in [-0.2, -0.15) is 0 Å². The maximum absolute atomic E-state index is 12.6. The van der Waals surface area contributed by atoms with Crippen LogP contribution >= 0.6 is 22.9 Å². The van der Waals surface area contributed by atoms with Gasteiger partial charge in [0.25, 0.3) is 0 Å². The number of piperidine rings is 1. The van der Waals surface area contributed by atoms with Gasteiger partial charge in [-0.15, -0.1) is 11.3 Å². The molecule has 0 bridgehead atoms. The molecule has 1 N–H and O–H groups in total. The molecule has 0 spiro atoms. The molecule has 7 heteroatoms. The summed E-state index contributed by atoms with van der Waals surface area (Å²) < 4.78 is 1.21. The summed E-state index contributed by atoms with van der Waals surface area (Å²) in [5, 5.41) is 4.56. The molecule has 134 valence electrons. The molecule has 1 fully saturated rings. The van der Waals surface area contributed by atoms with Crippen LogP contribution in [0.15, 0.2) is 42.6 Å². The van der Waals surface area contributed by atoms with Crippen molar-refractivity contribution in [1.29, 1.82) is 0 Å². The minimum Gasteiger partial charge on any atom is -0.310 e. The number of nitrogens with zero attached hydrogens (tertiary/aromatic N) is 3. The summed E-state index contributed by atoms with van der Waals surface area (Å²) in [6.45, 7) is 2.54. The van der Waals surface area contributed by atoms with E-state index in [0.717, 1.165) is 43.0 Å². The van der Waals surface area contributed by atoms with Crippen molar-refractivity contribution in [2.45, 2.75) is 19.4 Å². The first kappa shape index (κ1) is 17.4. The number of pyridine rings is 1. The minimum atomic E-state index is -0.0318. The van der Waals surface area contributed by atoms with Gasteiger partial charge in [-0.25, -0.2) is 9.97 Å². The Kier molecular flexibility index (Phi) is 5.15. The summed E-state index contributed by atoms with van der Waals surface area (Å²) in [6, 6.07) is 11.6. The monoisotopic (exact) mass is 386 g/mol. The number of hydrogen-bond acceptors (Lipinski definition) is 5. The highest BCUT2D eigenvalue weighted by atomic mass is 35.5. The van der Waals surface area contributed by atoms with Crippen molar-refractivity contribution in [3.05, 3.63) is 52.6 Å². The molecule has 26 heavy (non-hydrogen) atoms. The van der Waals surface area contributed by atoms with Crippen LogP contribution in [0.5, 0.6) is 0 Å². The summed E-state index contributed by atoms with van der Waals surface area (Å²) in [7, 11) is 0. The third-order valence-corrected chi connectivity index (χ3v) is 5.80. The van der Waals surface area contributed by atoms with Crippen LogP contribution < -0.4 is 5.32 Å². The molecule has 1 amide bonds. The third kappa shape index (κ3) is 4.03. The van der Waals surface area contributed by atoms with E-state index in [0.29, 0.717) is 10.8 Å². The maximum atomic E-state index is 12.6. The average Bonchev–Trinajstić information content (AvgIpc) is 3.06. The molecule has 1 unspecified atom stereocenters. The summed E-state index contributed by atoms with van der Waals surface area (Å²) in [6.07, 6.45) is 3.45. The van der Waals surface area contributed by atoms with Gasteiger partial charge in [0.15, 0.2) is 0 Å². The number of carbonyl (C=O) groups excluding carboxylic acids is 1. The van der Waals surface area contributed by atoms with Crippen LogP contribution in [0.2, 0.25) is 5.02 Å². The van der Waals surface area contributed by atoms with Gasteiger partial charge in [0.1, 0.15) is 10.8 Å². The zero-order valence-electron chi connectivity index (χ0n) is 14.2. The number of carbonyl (C=O) groups is 1. The summed E-state index contributed by atoms with van der Waals surface area (Å²) >= 11 is 7.56. The molecule has 0 radical (unpaired) electrons. The van der Waals surface area contributed by atoms with Gasteiger partial charge in [-0.3, -0.25) is 9.69 Å². The van der Waals surface area contributed by atoms with Crippen LogP contribution in [0.25, 0.3) is 10.2 Å². The van der Waals surface area contributed by atoms with Gasteiger partial charge in [0.05, 0.1) is 27.7 Å². The number of anilines is 1. The molecule has 5 nitrogen and oxygen atoms in total. The number of aromatic nitrogens is 2. The fourth-order valence-corrected chi connectivity index (χ4v) is 4.39. The number of rotatable bonds is 4. The van der Waals surface area contributed by atoms with Gasteiger partial charge in [-0.1, -0.05) is 23.7 Å². The molecule has 1 aromatic carbocycles. The fraction of sp³-hybridized carbons (Fsp3) is 0.316. The third-order valence-electron chi connectivity index (χ3n) is 4.55. The van der Waals surface area contributed by atoms with E-state index in [1.54, 1.807) is 23.5 Å². The predicted molar refractivity (Wildman–Crippen MR) is 105 cm³/mol. The van der Waals surface area contributed by atoms with Crippen molar-refractivity contribution >= 4 is 44.9 Å². The Balaban J connectivity index is 1.38. The first-order valence-corrected chi connectivity index (χ1v) is 9.86. The highest BCUT2D eigenvalue weighted by Gasteiger charge is 2.26. The molecule has 3 aromatic rings. The Morgan fingerprint density at radius 2 is 2.19 bits per heavy atom. The average molecular weight is 387 g/mol. The van der Waals surface area contributed by atoms with Gasteiger partial charge < -0.3 is 5.32 Å². The number of hydrogen-bond donors (Lipinski definition) is 1. The number of benzene rings is 1. The van der Waals surface area contributed by atoms with E-state index in [1.165, 1.54) is 10.9 Å². The Morgan fingerprint density at radius 1 is 1.31 bits per heavy atom. The molecule has 1 saturated heterocycles. The van der Waals surface area contributed by atoms with Crippen LogP contribution in [-0.2, 0) is 11.3 Å². The Labute approximate surface area is 161 Å². The van der Waals surface area contributed by atoms with E-state index in [9.17, 15) is 4.79 Å². The quantitative estimate of drug-likeness (QED) is 0.730. The highest BCUT2D eigenvalue weighted by Crippen LogP contribution is 2.25. The lowest BCUT2D eigenvalue weighted by atomic mass is 9.97. The van der Waals surface area contributed by atoms with E-state index in [1.807, 2.05) is 18.2 Å². The summed E-state index contributed by atoms with van der Waals surface area (Å²) in [4.78, 5) is 23.7. The predicted octanol–water partition coefficient (Wildman–Crippen LogP) is 4.20. The molecule has 0 saturated carbocycles. The standard InChI is InChI=1S/C19H19ClN4OS/c20-14-7-8-17(21-10-14)23-19(25)13-4-3-9-24(11-13)12-18-22-15-5-1-2-6-16(15)26-18/h1-2,5-8,10,13H,3-4,9,11-12H2,(H,21,23,25). The molecule has 2 aromatic heterocycles. The maximum Gasteiger partial charge on any atom is 0.229 e. The van der Waals surface area contributed by atoms with Crippen LogP contribution in [-0.4, -0.2) is 33.9 Å². The Hall–Kier alpha value is -2.02. The van der Waals surface area contributed by atoms with Crippen molar-refractivity contribution in [3.63, 3.8) is 0 Å². The molecule has 1 atom stereocenters. The van der Waals surface area contributed by atoms with Crippen LogP contribution in [0.4, 0.5) is 5.82 Å². The second-order valence-electron chi connectivity index (χ2n) is 6.50. The van der Waals surface area contributed by atoms with E-state index < -0.39 is 0 Å². The van der Waals surface area contributed by atoms with Gasteiger partial charge in [-0.05, 0) is 43.7 Å². The lowest BCUT2D eigenvalue weighted by Gasteiger charge is -2.31. The van der Waals surface area contributed by atoms with Crippen molar-refractivity contribution < 1.29 is 4.79 Å². The summed E-state index contributed by atoms with van der Waals surface area (Å²) in [5.74, 6) is 0.534. The molecular formula is C19H19ClN4OS. The molecule has 4 rings (SSSR count). The Bertz CT molecular complexity index is 878. The number of likely N-dealkylation sites (tertiary alicyclic amines) is 1. The van der Waals surface area contributed by atoms with Crippen molar-refractivity contribution in [2.24, 2.45) is 5.92 Å². The lowest BCUT2D eigenvalue weighted by molar-refractivity contribution is -0.121. The number of thiazole rings is 1. The topological polar surface area (TPSA) is 58.1 Å². The largest absolute Gasteiger partial charge is 0.310 e. The number of amides is 1. The first-order chi connectivity index (χ1) is 12.7. The normalized spacial score (nSPS) is 18.1. The number of para-hydroxylation sites is 1. The van der Waals surface area contributed by atoms with Crippen LogP contribution in [0.3, 0.4) is 0 Å². The second-order valence-corrected chi connectivity index (χ2v) is 8.05. The smallest absolute Gasteiger partial charge is 0.229 e. The van der Waals surface area contributed by atoms with Gasteiger partial charge in [0, 0.05) is 12.7 Å². The van der Waals surface area contributed by atoms with Crippen molar-refractivity contribution in [1.82, 2.24) is 14.9 Å². The summed E-state index contributed by atoms with van der Waals surface area (Å²) in [5.41, 5.74) is 1.05. The molecule has 3 heterocycles. The van der Waals surface area contributed by atoms with E-state index >= 15 is 0 Å². The van der Waals surface area contributed by atoms with Gasteiger partial charge >= 0.3 is 0 Å². The van der Waals surface area contributed by atoms with E-state index in [4.69, 9.17) is 16.6 Å². The molecule has 1 aliphatic heterocycles. The van der Waals surface area contributed by atoms with Crippen LogP contribution in [0.1, 0.15) is 17.8 Å². The number of halogens is 1. The van der Waals surface area contributed by atoms with E-state index in [-0.39, 0.29) is 11.8 Å². The molecule has 0 aliphatic carbocycles. The second kappa shape index (κ2) is 7.70. The lowest BCUT2D eigenvalue weighted by Crippen LogP contribution is -2.40. The fourth-order valence-electron chi connectivity index (χ4n) is 3.27. The number of fused-ring (bicyclic) bond motifs is 1. The molecule has 1 aliphatic rings. The number of nitrogens with one attached hydrogen (secondary N) is 1. The highest BCUT2D eigenvalue weighted by molar-refractivity contribution is 7.18. The van der Waals surface area contributed by atoms with Crippen molar-refractivity contribution in [3.8, 4) is 0 Å². The van der Waals surface area contributed by atoms with Crippen LogP contribution in [0, 0.1) is 5.92 Å². The zero-order valence-corrected chi connectivity index (χ0v) is 15.8.